The van der Waals surface area contributed by atoms with Crippen LogP contribution >= 0.6 is 23.1 Å². The van der Waals surface area contributed by atoms with Crippen molar-refractivity contribution in [3.05, 3.63) is 65.5 Å². The van der Waals surface area contributed by atoms with Crippen LogP contribution in [0.2, 0.25) is 0 Å². The molecule has 0 aliphatic carbocycles. The first-order chi connectivity index (χ1) is 12.7. The van der Waals surface area contributed by atoms with Gasteiger partial charge >= 0.3 is 0 Å². The molecule has 1 N–H and O–H groups in total. The van der Waals surface area contributed by atoms with E-state index in [0.717, 1.165) is 22.8 Å². The van der Waals surface area contributed by atoms with Gasteiger partial charge in [-0.3, -0.25) is 4.79 Å². The monoisotopic (exact) mass is 384 g/mol. The molecule has 0 spiro atoms. The van der Waals surface area contributed by atoms with E-state index < -0.39 is 0 Å². The molecular weight excluding hydrogens is 364 g/mol. The van der Waals surface area contributed by atoms with Crippen molar-refractivity contribution in [1.29, 1.82) is 0 Å². The van der Waals surface area contributed by atoms with Gasteiger partial charge in [0.25, 0.3) is 0 Å². The van der Waals surface area contributed by atoms with Gasteiger partial charge in [-0.15, -0.1) is 23.1 Å². The highest BCUT2D eigenvalue weighted by molar-refractivity contribution is 7.99. The van der Waals surface area contributed by atoms with Crippen LogP contribution in [0, 0.1) is 0 Å². The van der Waals surface area contributed by atoms with E-state index in [9.17, 15) is 4.79 Å². The molecule has 0 aliphatic heterocycles. The Balaban J connectivity index is 1.56. The van der Waals surface area contributed by atoms with Crippen molar-refractivity contribution in [2.75, 3.05) is 12.4 Å². The molecule has 6 heteroatoms. The molecule has 0 bridgehead atoms. The van der Waals surface area contributed by atoms with Crippen LogP contribution in [-0.4, -0.2) is 23.3 Å². The van der Waals surface area contributed by atoms with Crippen molar-refractivity contribution >= 4 is 34.1 Å². The van der Waals surface area contributed by atoms with Crippen molar-refractivity contribution < 1.29 is 9.53 Å². The van der Waals surface area contributed by atoms with Gasteiger partial charge < -0.3 is 10.1 Å². The molecule has 1 atom stereocenters. The molecule has 1 amide bonds. The SMILES string of the molecule is COc1ccc(-c2csc(NC(=O)C(C)SCc3ccccc3)n2)cc1. The van der Waals surface area contributed by atoms with Gasteiger partial charge in [-0.1, -0.05) is 30.3 Å². The zero-order valence-corrected chi connectivity index (χ0v) is 16.3. The molecule has 3 rings (SSSR count). The zero-order valence-electron chi connectivity index (χ0n) is 14.6. The predicted molar refractivity (Wildman–Crippen MR) is 110 cm³/mol. The summed E-state index contributed by atoms with van der Waals surface area (Å²) in [6.07, 6.45) is 0. The first kappa shape index (κ1) is 18.5. The summed E-state index contributed by atoms with van der Waals surface area (Å²) in [4.78, 5) is 16.9. The van der Waals surface area contributed by atoms with Crippen LogP contribution < -0.4 is 10.1 Å². The molecule has 1 heterocycles. The Morgan fingerprint density at radius 3 is 2.62 bits per heavy atom. The number of rotatable bonds is 7. The van der Waals surface area contributed by atoms with Crippen molar-refractivity contribution in [3.63, 3.8) is 0 Å². The van der Waals surface area contributed by atoms with Crippen LogP contribution in [0.4, 0.5) is 5.13 Å². The summed E-state index contributed by atoms with van der Waals surface area (Å²) in [7, 11) is 1.64. The minimum atomic E-state index is -0.149. The lowest BCUT2D eigenvalue weighted by atomic mass is 10.2. The Morgan fingerprint density at radius 2 is 1.92 bits per heavy atom. The molecule has 0 fully saturated rings. The van der Waals surface area contributed by atoms with Gasteiger partial charge in [0.1, 0.15) is 5.75 Å². The fourth-order valence-electron chi connectivity index (χ4n) is 2.30. The molecule has 0 radical (unpaired) electrons. The normalized spacial score (nSPS) is 11.8. The van der Waals surface area contributed by atoms with Crippen LogP contribution in [0.3, 0.4) is 0 Å². The number of nitrogens with one attached hydrogen (secondary N) is 1. The van der Waals surface area contributed by atoms with E-state index in [2.05, 4.69) is 22.4 Å². The maximum atomic E-state index is 12.4. The number of benzene rings is 2. The summed E-state index contributed by atoms with van der Waals surface area (Å²) in [5.74, 6) is 1.59. The van der Waals surface area contributed by atoms with Gasteiger partial charge in [-0.2, -0.15) is 0 Å². The topological polar surface area (TPSA) is 51.2 Å². The number of nitrogens with zero attached hydrogens (tertiary/aromatic N) is 1. The first-order valence-electron chi connectivity index (χ1n) is 8.22. The van der Waals surface area contributed by atoms with Crippen LogP contribution in [0.15, 0.2) is 60.0 Å². The van der Waals surface area contributed by atoms with E-state index in [1.54, 1.807) is 18.9 Å². The number of methoxy groups -OCH3 is 1. The number of thiazole rings is 1. The van der Waals surface area contributed by atoms with Gasteiger partial charge in [0.05, 0.1) is 18.1 Å². The number of hydrogen-bond donors (Lipinski definition) is 1. The highest BCUT2D eigenvalue weighted by Crippen LogP contribution is 2.27. The number of ether oxygens (including phenoxy) is 1. The largest absolute Gasteiger partial charge is 0.497 e. The maximum Gasteiger partial charge on any atom is 0.238 e. The zero-order chi connectivity index (χ0) is 18.4. The van der Waals surface area contributed by atoms with Crippen molar-refractivity contribution in [2.24, 2.45) is 0 Å². The molecule has 1 aromatic heterocycles. The summed E-state index contributed by atoms with van der Waals surface area (Å²) in [5, 5.41) is 5.33. The first-order valence-corrected chi connectivity index (χ1v) is 10.1. The Kier molecular flexibility index (Phi) is 6.30. The lowest BCUT2D eigenvalue weighted by molar-refractivity contribution is -0.115. The standard InChI is InChI=1S/C20H20N2O2S2/c1-14(25-12-15-6-4-3-5-7-15)19(23)22-20-21-18(13-26-20)16-8-10-17(24-2)11-9-16/h3-11,13-14H,12H2,1-2H3,(H,21,22,23). The smallest absolute Gasteiger partial charge is 0.238 e. The second-order valence-electron chi connectivity index (χ2n) is 5.69. The third-order valence-electron chi connectivity index (χ3n) is 3.83. The Hall–Kier alpha value is -2.31. The molecular formula is C20H20N2O2S2. The minimum Gasteiger partial charge on any atom is -0.497 e. The molecule has 3 aromatic rings. The fourth-order valence-corrected chi connectivity index (χ4v) is 3.87. The molecule has 0 saturated carbocycles. The van der Waals surface area contributed by atoms with Gasteiger partial charge in [0, 0.05) is 16.7 Å². The van der Waals surface area contributed by atoms with E-state index in [0.29, 0.717) is 5.13 Å². The number of carbonyl (C=O) groups is 1. The number of hydrogen-bond acceptors (Lipinski definition) is 5. The molecule has 1 unspecified atom stereocenters. The van der Waals surface area contributed by atoms with E-state index in [-0.39, 0.29) is 11.2 Å². The second-order valence-corrected chi connectivity index (χ2v) is 7.88. The molecule has 134 valence electrons. The second kappa shape index (κ2) is 8.87. The third kappa shape index (κ3) is 4.86. The number of amides is 1. The van der Waals surface area contributed by atoms with Crippen LogP contribution in [0.1, 0.15) is 12.5 Å². The fraction of sp³-hybridized carbons (Fsp3) is 0.200. The van der Waals surface area contributed by atoms with Crippen LogP contribution in [0.5, 0.6) is 5.75 Å². The minimum absolute atomic E-state index is 0.0263. The van der Waals surface area contributed by atoms with E-state index in [1.165, 1.54) is 16.9 Å². The maximum absolute atomic E-state index is 12.4. The summed E-state index contributed by atoms with van der Waals surface area (Å²) in [5.41, 5.74) is 3.06. The highest BCUT2D eigenvalue weighted by atomic mass is 32.2. The number of aromatic nitrogens is 1. The third-order valence-corrected chi connectivity index (χ3v) is 5.80. The van der Waals surface area contributed by atoms with Crippen LogP contribution in [-0.2, 0) is 10.5 Å². The molecule has 0 aliphatic rings. The lowest BCUT2D eigenvalue weighted by Gasteiger charge is -2.10. The quantitative estimate of drug-likeness (QED) is 0.617. The van der Waals surface area contributed by atoms with Crippen LogP contribution in [0.25, 0.3) is 11.3 Å². The van der Waals surface area contributed by atoms with Gasteiger partial charge in [0.15, 0.2) is 5.13 Å². The van der Waals surface area contributed by atoms with Crippen molar-refractivity contribution in [3.8, 4) is 17.0 Å². The molecule has 0 saturated heterocycles. The lowest BCUT2D eigenvalue weighted by Crippen LogP contribution is -2.22. The summed E-state index contributed by atoms with van der Waals surface area (Å²) >= 11 is 3.05. The molecule has 26 heavy (non-hydrogen) atoms. The Labute approximate surface area is 161 Å². The number of thioether (sulfide) groups is 1. The molecule has 2 aromatic carbocycles. The summed E-state index contributed by atoms with van der Waals surface area (Å²) in [6, 6.07) is 17.9. The van der Waals surface area contributed by atoms with E-state index in [4.69, 9.17) is 4.74 Å². The Morgan fingerprint density at radius 1 is 1.19 bits per heavy atom. The number of carbonyl (C=O) groups excluding carboxylic acids is 1. The predicted octanol–water partition coefficient (Wildman–Crippen LogP) is 5.08. The molecule has 4 nitrogen and oxygen atoms in total. The highest BCUT2D eigenvalue weighted by Gasteiger charge is 2.15. The average molecular weight is 385 g/mol. The Bertz CT molecular complexity index is 848. The number of anilines is 1. The average Bonchev–Trinajstić information content (AvgIpc) is 3.15. The van der Waals surface area contributed by atoms with E-state index in [1.807, 2.05) is 54.8 Å². The van der Waals surface area contributed by atoms with E-state index >= 15 is 0 Å². The van der Waals surface area contributed by atoms with Gasteiger partial charge in [-0.25, -0.2) is 4.98 Å². The summed E-state index contributed by atoms with van der Waals surface area (Å²) in [6.45, 7) is 1.92. The van der Waals surface area contributed by atoms with Crippen molar-refractivity contribution in [1.82, 2.24) is 4.98 Å². The van der Waals surface area contributed by atoms with Crippen molar-refractivity contribution in [2.45, 2.75) is 17.9 Å². The van der Waals surface area contributed by atoms with Gasteiger partial charge in [-0.05, 0) is 36.8 Å². The van der Waals surface area contributed by atoms with Gasteiger partial charge in [0.2, 0.25) is 5.91 Å². The summed E-state index contributed by atoms with van der Waals surface area (Å²) < 4.78 is 5.17.